The minimum Gasteiger partial charge on any atom is -0.466 e. The van der Waals surface area contributed by atoms with E-state index in [0.29, 0.717) is 6.61 Å². The van der Waals surface area contributed by atoms with Gasteiger partial charge in [0, 0.05) is 10.8 Å². The summed E-state index contributed by atoms with van der Waals surface area (Å²) in [5.41, 5.74) is 0. The average Bonchev–Trinajstić information content (AvgIpc) is 2.23. The summed E-state index contributed by atoms with van der Waals surface area (Å²) in [5.74, 6) is -0.504. The highest BCUT2D eigenvalue weighted by molar-refractivity contribution is 5.69. The van der Waals surface area contributed by atoms with E-state index in [1.807, 2.05) is 0 Å². The van der Waals surface area contributed by atoms with Gasteiger partial charge < -0.3 is 4.74 Å². The average molecular weight is 245 g/mol. The van der Waals surface area contributed by atoms with Crippen LogP contribution in [0.15, 0.2) is 0 Å². The first-order valence-corrected chi connectivity index (χ1v) is 6.37. The molecule has 0 aliphatic carbocycles. The van der Waals surface area contributed by atoms with Crippen molar-refractivity contribution in [3.05, 3.63) is 10.1 Å². The van der Waals surface area contributed by atoms with Gasteiger partial charge >= 0.3 is 5.97 Å². The van der Waals surface area contributed by atoms with Gasteiger partial charge in [-0.3, -0.25) is 14.9 Å². The Bertz CT molecular complexity index is 231. The predicted molar refractivity (Wildman–Crippen MR) is 65.4 cm³/mol. The quantitative estimate of drug-likeness (QED) is 0.257. The maximum atomic E-state index is 11.3. The van der Waals surface area contributed by atoms with Gasteiger partial charge in [0.05, 0.1) is 13.0 Å². The van der Waals surface area contributed by atoms with E-state index in [2.05, 4.69) is 6.92 Å². The Hall–Kier alpha value is -1.13. The van der Waals surface area contributed by atoms with Crippen molar-refractivity contribution >= 4 is 5.97 Å². The van der Waals surface area contributed by atoms with Crippen molar-refractivity contribution in [2.75, 3.05) is 13.2 Å². The molecular formula is C12H23NO4. The molecule has 5 heteroatoms. The molecule has 0 aromatic rings. The number of carbonyl (C=O) groups is 1. The van der Waals surface area contributed by atoms with Gasteiger partial charge in [-0.15, -0.1) is 0 Å². The fraction of sp³-hybridized carbons (Fsp3) is 0.917. The lowest BCUT2D eigenvalue weighted by Crippen LogP contribution is -2.19. The van der Waals surface area contributed by atoms with E-state index in [1.165, 1.54) is 0 Å². The maximum Gasteiger partial charge on any atom is 0.306 e. The van der Waals surface area contributed by atoms with E-state index in [9.17, 15) is 14.9 Å². The maximum absolute atomic E-state index is 11.3. The van der Waals surface area contributed by atoms with Gasteiger partial charge in [0.2, 0.25) is 6.54 Å². The summed E-state index contributed by atoms with van der Waals surface area (Å²) in [4.78, 5) is 21.4. The highest BCUT2D eigenvalue weighted by Crippen LogP contribution is 2.15. The minimum atomic E-state index is -0.344. The Morgan fingerprint density at radius 3 is 2.53 bits per heavy atom. The second kappa shape index (κ2) is 10.1. The van der Waals surface area contributed by atoms with Gasteiger partial charge in [-0.2, -0.15) is 0 Å². The fourth-order valence-electron chi connectivity index (χ4n) is 1.78. The van der Waals surface area contributed by atoms with Crippen LogP contribution in [0.25, 0.3) is 0 Å². The molecule has 0 saturated heterocycles. The lowest BCUT2D eigenvalue weighted by molar-refractivity contribution is -0.488. The molecule has 0 fully saturated rings. The van der Waals surface area contributed by atoms with E-state index in [1.54, 1.807) is 6.92 Å². The first-order valence-electron chi connectivity index (χ1n) is 6.37. The summed E-state index contributed by atoms with van der Waals surface area (Å²) in [6.07, 6.45) is 5.21. The van der Waals surface area contributed by atoms with Crippen LogP contribution < -0.4 is 0 Å². The normalized spacial score (nSPS) is 12.1. The highest BCUT2D eigenvalue weighted by atomic mass is 16.6. The molecule has 1 unspecified atom stereocenters. The lowest BCUT2D eigenvalue weighted by Gasteiger charge is -2.11. The molecule has 100 valence electrons. The number of hydrogen-bond acceptors (Lipinski definition) is 4. The molecule has 0 heterocycles. The van der Waals surface area contributed by atoms with Gasteiger partial charge in [0.15, 0.2) is 0 Å². The fourth-order valence-corrected chi connectivity index (χ4v) is 1.78. The summed E-state index contributed by atoms with van der Waals surface area (Å²) in [6.45, 7) is 4.06. The molecule has 0 rings (SSSR count). The molecule has 0 aromatic heterocycles. The second-order valence-corrected chi connectivity index (χ2v) is 4.24. The zero-order valence-corrected chi connectivity index (χ0v) is 10.8. The second-order valence-electron chi connectivity index (χ2n) is 4.24. The molecular weight excluding hydrogens is 222 g/mol. The molecule has 17 heavy (non-hydrogen) atoms. The molecule has 1 atom stereocenters. The van der Waals surface area contributed by atoms with Gasteiger partial charge in [0.1, 0.15) is 0 Å². The third-order valence-corrected chi connectivity index (χ3v) is 2.63. The van der Waals surface area contributed by atoms with Crippen LogP contribution in [-0.2, 0) is 9.53 Å². The minimum absolute atomic E-state index is 0.134. The Balaban J connectivity index is 3.95. The first-order chi connectivity index (χ1) is 8.10. The molecule has 0 N–H and O–H groups in total. The van der Waals surface area contributed by atoms with Crippen molar-refractivity contribution in [2.45, 2.75) is 52.4 Å². The Morgan fingerprint density at radius 2 is 2.00 bits per heavy atom. The third kappa shape index (κ3) is 9.78. The van der Waals surface area contributed by atoms with Gasteiger partial charge in [-0.1, -0.05) is 32.6 Å². The van der Waals surface area contributed by atoms with Crippen LogP contribution in [0.3, 0.4) is 0 Å². The lowest BCUT2D eigenvalue weighted by atomic mass is 9.97. The van der Waals surface area contributed by atoms with Gasteiger partial charge in [-0.25, -0.2) is 0 Å². The molecule has 0 saturated carbocycles. The first kappa shape index (κ1) is 15.9. The van der Waals surface area contributed by atoms with E-state index in [4.69, 9.17) is 4.74 Å². The Morgan fingerprint density at radius 1 is 1.29 bits per heavy atom. The van der Waals surface area contributed by atoms with Gasteiger partial charge in [-0.05, 0) is 13.3 Å². The zero-order valence-electron chi connectivity index (χ0n) is 10.8. The summed E-state index contributed by atoms with van der Waals surface area (Å²) in [7, 11) is 0. The molecule has 0 bridgehead atoms. The molecule has 5 nitrogen and oxygen atoms in total. The number of hydrogen-bond donors (Lipinski definition) is 0. The standard InChI is InChI=1S/C12H23NO4/c1-3-5-6-7-8-11(10-13(15)16)9-12(14)17-4-2/h11H,3-10H2,1-2H3. The molecule has 0 radical (unpaired) electrons. The monoisotopic (exact) mass is 245 g/mol. The van der Waals surface area contributed by atoms with E-state index in [-0.39, 0.29) is 29.8 Å². The number of ether oxygens (including phenoxy) is 1. The molecule has 0 aromatic carbocycles. The molecule has 0 aliphatic heterocycles. The number of carbonyl (C=O) groups excluding carboxylic acids is 1. The molecule has 0 aliphatic rings. The number of nitro groups is 1. The summed E-state index contributed by atoms with van der Waals surface area (Å²) < 4.78 is 4.82. The van der Waals surface area contributed by atoms with Crippen LogP contribution in [0.5, 0.6) is 0 Å². The van der Waals surface area contributed by atoms with E-state index < -0.39 is 0 Å². The number of rotatable bonds is 10. The van der Waals surface area contributed by atoms with Crippen LogP contribution in [0, 0.1) is 16.0 Å². The van der Waals surface area contributed by atoms with Crippen molar-refractivity contribution in [3.8, 4) is 0 Å². The van der Waals surface area contributed by atoms with Crippen LogP contribution in [0.1, 0.15) is 52.4 Å². The number of esters is 1. The number of nitrogens with zero attached hydrogens (tertiary/aromatic N) is 1. The Kier molecular flexibility index (Phi) is 9.38. The van der Waals surface area contributed by atoms with Crippen molar-refractivity contribution in [3.63, 3.8) is 0 Å². The van der Waals surface area contributed by atoms with Gasteiger partial charge in [0.25, 0.3) is 0 Å². The van der Waals surface area contributed by atoms with Crippen LogP contribution >= 0.6 is 0 Å². The Labute approximate surface area is 103 Å². The summed E-state index contributed by atoms with van der Waals surface area (Å²) in [6, 6.07) is 0. The zero-order chi connectivity index (χ0) is 13.1. The largest absolute Gasteiger partial charge is 0.466 e. The SMILES string of the molecule is CCCCCCC(CC(=O)OCC)C[N+](=O)[O-]. The molecule has 0 amide bonds. The van der Waals surface area contributed by atoms with Crippen molar-refractivity contribution in [1.29, 1.82) is 0 Å². The van der Waals surface area contributed by atoms with E-state index >= 15 is 0 Å². The van der Waals surface area contributed by atoms with Crippen LogP contribution in [-0.4, -0.2) is 24.0 Å². The topological polar surface area (TPSA) is 69.4 Å². The van der Waals surface area contributed by atoms with Crippen LogP contribution in [0.4, 0.5) is 0 Å². The smallest absolute Gasteiger partial charge is 0.306 e. The predicted octanol–water partition coefficient (Wildman–Crippen LogP) is 2.80. The third-order valence-electron chi connectivity index (χ3n) is 2.63. The van der Waals surface area contributed by atoms with Crippen molar-refractivity contribution in [1.82, 2.24) is 0 Å². The highest BCUT2D eigenvalue weighted by Gasteiger charge is 2.19. The number of unbranched alkanes of at least 4 members (excludes halogenated alkanes) is 3. The van der Waals surface area contributed by atoms with E-state index in [0.717, 1.165) is 32.1 Å². The van der Waals surface area contributed by atoms with Crippen molar-refractivity contribution in [2.24, 2.45) is 5.92 Å². The van der Waals surface area contributed by atoms with Crippen molar-refractivity contribution < 1.29 is 14.5 Å². The summed E-state index contributed by atoms with van der Waals surface area (Å²) >= 11 is 0. The molecule has 0 spiro atoms. The van der Waals surface area contributed by atoms with Crippen LogP contribution in [0.2, 0.25) is 0 Å². The summed E-state index contributed by atoms with van der Waals surface area (Å²) in [5, 5.41) is 10.5.